The molecule has 0 radical (unpaired) electrons. The Kier molecular flexibility index (Phi) is 2.85. The van der Waals surface area contributed by atoms with Crippen molar-refractivity contribution in [3.8, 4) is 0 Å². The number of rotatable bonds is 2. The van der Waals surface area contributed by atoms with Crippen molar-refractivity contribution < 1.29 is 4.79 Å². The number of benzene rings is 1. The number of fused-ring (bicyclic) bond motifs is 1. The smallest absolute Gasteiger partial charge is 0.276 e. The largest absolute Gasteiger partial charge is 0.307 e. The number of hydrogen-bond donors (Lipinski definition) is 0. The van der Waals surface area contributed by atoms with Crippen molar-refractivity contribution in [2.75, 3.05) is 11.4 Å². The summed E-state index contributed by atoms with van der Waals surface area (Å²) in [4.78, 5) is 14.5. The van der Waals surface area contributed by atoms with Crippen LogP contribution in [0.5, 0.6) is 0 Å². The molecule has 98 valence electrons. The molecule has 1 aliphatic rings. The van der Waals surface area contributed by atoms with E-state index in [4.69, 9.17) is 0 Å². The van der Waals surface area contributed by atoms with E-state index in [1.54, 1.807) is 4.68 Å². The molecule has 0 aliphatic carbocycles. The fourth-order valence-electron chi connectivity index (χ4n) is 2.74. The lowest BCUT2D eigenvalue weighted by Gasteiger charge is -2.27. The second-order valence-electron chi connectivity index (χ2n) is 4.79. The summed E-state index contributed by atoms with van der Waals surface area (Å²) in [6.45, 7) is 2.81. The first kappa shape index (κ1) is 12.0. The fourth-order valence-corrected chi connectivity index (χ4v) is 2.74. The van der Waals surface area contributed by atoms with E-state index < -0.39 is 0 Å². The molecule has 0 spiro atoms. The van der Waals surface area contributed by atoms with Crippen LogP contribution in [0.25, 0.3) is 0 Å². The maximum atomic E-state index is 12.6. The summed E-state index contributed by atoms with van der Waals surface area (Å²) in [6.07, 6.45) is 1.76. The Bertz CT molecular complexity index is 616. The van der Waals surface area contributed by atoms with Crippen LogP contribution in [-0.2, 0) is 19.9 Å². The number of anilines is 1. The normalized spacial score (nSPS) is 14.6. The van der Waals surface area contributed by atoms with E-state index in [-0.39, 0.29) is 5.91 Å². The quantitative estimate of drug-likeness (QED) is 0.825. The fraction of sp³-hybridized carbons (Fsp3) is 0.333. The van der Waals surface area contributed by atoms with Crippen LogP contribution in [-0.4, -0.2) is 22.2 Å². The molecule has 0 fully saturated rings. The summed E-state index contributed by atoms with van der Waals surface area (Å²) in [5.41, 5.74) is 3.88. The molecule has 3 rings (SSSR count). The lowest BCUT2D eigenvalue weighted by Crippen LogP contribution is -2.38. The maximum Gasteiger partial charge on any atom is 0.276 e. The number of aryl methyl sites for hydroxylation is 2. The first-order chi connectivity index (χ1) is 9.22. The molecule has 1 aliphatic heterocycles. The van der Waals surface area contributed by atoms with Gasteiger partial charge in [-0.25, -0.2) is 0 Å². The molecule has 2 heterocycles. The first-order valence-electron chi connectivity index (χ1n) is 6.64. The summed E-state index contributed by atoms with van der Waals surface area (Å²) in [7, 11) is 1.85. The predicted molar refractivity (Wildman–Crippen MR) is 74.4 cm³/mol. The second kappa shape index (κ2) is 4.53. The number of aromatic nitrogens is 2. The highest BCUT2D eigenvalue weighted by molar-refractivity contribution is 6.07. The third kappa shape index (κ3) is 1.84. The highest BCUT2D eigenvalue weighted by Gasteiger charge is 2.30. The Morgan fingerprint density at radius 2 is 2.00 bits per heavy atom. The Hall–Kier alpha value is -2.10. The van der Waals surface area contributed by atoms with Crippen LogP contribution >= 0.6 is 0 Å². The summed E-state index contributed by atoms with van der Waals surface area (Å²) in [5, 5.41) is 4.46. The van der Waals surface area contributed by atoms with Gasteiger partial charge in [0, 0.05) is 24.8 Å². The van der Waals surface area contributed by atoms with Gasteiger partial charge in [-0.1, -0.05) is 25.1 Å². The average Bonchev–Trinajstić information content (AvgIpc) is 2.77. The van der Waals surface area contributed by atoms with E-state index in [1.165, 1.54) is 0 Å². The monoisotopic (exact) mass is 255 g/mol. The zero-order valence-corrected chi connectivity index (χ0v) is 11.3. The van der Waals surface area contributed by atoms with E-state index in [0.717, 1.165) is 42.0 Å². The maximum absolute atomic E-state index is 12.6. The molecule has 1 amide bonds. The number of hydrogen-bond acceptors (Lipinski definition) is 2. The molecule has 4 nitrogen and oxygen atoms in total. The molecule has 0 unspecified atom stereocenters. The second-order valence-corrected chi connectivity index (χ2v) is 4.79. The zero-order valence-electron chi connectivity index (χ0n) is 11.3. The van der Waals surface area contributed by atoms with E-state index in [2.05, 4.69) is 12.0 Å². The Labute approximate surface area is 112 Å². The number of carbonyl (C=O) groups excluding carboxylic acids is 1. The molecule has 0 atom stereocenters. The van der Waals surface area contributed by atoms with Crippen LogP contribution in [0.4, 0.5) is 5.69 Å². The topological polar surface area (TPSA) is 38.1 Å². The van der Waals surface area contributed by atoms with Gasteiger partial charge >= 0.3 is 0 Å². The highest BCUT2D eigenvalue weighted by atomic mass is 16.2. The van der Waals surface area contributed by atoms with Crippen molar-refractivity contribution >= 4 is 11.6 Å². The SMILES string of the molecule is CCc1nn(C)c2c1CCN(c1ccccc1)C2=O. The van der Waals surface area contributed by atoms with Gasteiger partial charge in [0.1, 0.15) is 5.69 Å². The highest BCUT2D eigenvalue weighted by Crippen LogP contribution is 2.26. The van der Waals surface area contributed by atoms with Crippen molar-refractivity contribution in [2.24, 2.45) is 7.05 Å². The van der Waals surface area contributed by atoms with E-state index in [0.29, 0.717) is 0 Å². The lowest BCUT2D eigenvalue weighted by molar-refractivity contribution is 0.0971. The minimum absolute atomic E-state index is 0.0575. The van der Waals surface area contributed by atoms with Crippen LogP contribution in [0.1, 0.15) is 28.7 Å². The minimum atomic E-state index is 0.0575. The molecular formula is C15H17N3O. The summed E-state index contributed by atoms with van der Waals surface area (Å²) in [5.74, 6) is 0.0575. The molecule has 0 saturated heterocycles. The number of amides is 1. The number of nitrogens with zero attached hydrogens (tertiary/aromatic N) is 3. The molecule has 0 N–H and O–H groups in total. The third-order valence-corrected chi connectivity index (χ3v) is 3.66. The average molecular weight is 255 g/mol. The molecule has 4 heteroatoms. The van der Waals surface area contributed by atoms with Crippen molar-refractivity contribution in [1.82, 2.24) is 9.78 Å². The van der Waals surface area contributed by atoms with Gasteiger partial charge in [0.15, 0.2) is 0 Å². The molecule has 2 aromatic rings. The molecule has 1 aromatic carbocycles. The molecular weight excluding hydrogens is 238 g/mol. The van der Waals surface area contributed by atoms with Crippen molar-refractivity contribution in [3.05, 3.63) is 47.3 Å². The van der Waals surface area contributed by atoms with Crippen LogP contribution in [0.15, 0.2) is 30.3 Å². The van der Waals surface area contributed by atoms with E-state index >= 15 is 0 Å². The summed E-state index contributed by atoms with van der Waals surface area (Å²) >= 11 is 0. The molecule has 0 bridgehead atoms. The van der Waals surface area contributed by atoms with Gasteiger partial charge in [0.05, 0.1) is 5.69 Å². The first-order valence-corrected chi connectivity index (χ1v) is 6.64. The third-order valence-electron chi connectivity index (χ3n) is 3.66. The predicted octanol–water partition coefficient (Wildman–Crippen LogP) is 2.19. The number of para-hydroxylation sites is 1. The van der Waals surface area contributed by atoms with Crippen LogP contribution in [0.2, 0.25) is 0 Å². The standard InChI is InChI=1S/C15H17N3O/c1-3-13-12-9-10-18(11-7-5-4-6-8-11)15(19)14(12)17(2)16-13/h4-8H,3,9-10H2,1-2H3. The van der Waals surface area contributed by atoms with Gasteiger partial charge in [0.2, 0.25) is 0 Å². The van der Waals surface area contributed by atoms with Crippen molar-refractivity contribution in [3.63, 3.8) is 0 Å². The van der Waals surface area contributed by atoms with E-state index in [1.807, 2.05) is 42.3 Å². The minimum Gasteiger partial charge on any atom is -0.307 e. The lowest BCUT2D eigenvalue weighted by atomic mass is 10.0. The zero-order chi connectivity index (χ0) is 13.4. The summed E-state index contributed by atoms with van der Waals surface area (Å²) < 4.78 is 1.73. The van der Waals surface area contributed by atoms with Crippen molar-refractivity contribution in [1.29, 1.82) is 0 Å². The summed E-state index contributed by atoms with van der Waals surface area (Å²) in [6, 6.07) is 9.82. The van der Waals surface area contributed by atoms with Crippen molar-refractivity contribution in [2.45, 2.75) is 19.8 Å². The number of carbonyl (C=O) groups is 1. The van der Waals surface area contributed by atoms with Crippen LogP contribution in [0.3, 0.4) is 0 Å². The van der Waals surface area contributed by atoms with Crippen LogP contribution < -0.4 is 4.90 Å². The molecule has 19 heavy (non-hydrogen) atoms. The molecule has 1 aromatic heterocycles. The van der Waals surface area contributed by atoms with Gasteiger partial charge < -0.3 is 4.90 Å². The van der Waals surface area contributed by atoms with Gasteiger partial charge in [-0.05, 0) is 25.0 Å². The Balaban J connectivity index is 2.03. The Morgan fingerprint density at radius 3 is 2.68 bits per heavy atom. The molecule has 0 saturated carbocycles. The van der Waals surface area contributed by atoms with Gasteiger partial charge in [0.25, 0.3) is 5.91 Å². The van der Waals surface area contributed by atoms with Gasteiger partial charge in [-0.3, -0.25) is 9.48 Å². The van der Waals surface area contributed by atoms with Crippen LogP contribution in [0, 0.1) is 0 Å². The Morgan fingerprint density at radius 1 is 1.26 bits per heavy atom. The van der Waals surface area contributed by atoms with Gasteiger partial charge in [-0.2, -0.15) is 5.10 Å². The van der Waals surface area contributed by atoms with Gasteiger partial charge in [-0.15, -0.1) is 0 Å². The van der Waals surface area contributed by atoms with E-state index in [9.17, 15) is 4.79 Å².